The number of nitrogens with one attached hydrogen (secondary N) is 1. The van der Waals surface area contributed by atoms with Gasteiger partial charge in [-0.2, -0.15) is 0 Å². The molecule has 1 atom stereocenters. The fourth-order valence-electron chi connectivity index (χ4n) is 1.95. The zero-order chi connectivity index (χ0) is 14.7. The van der Waals surface area contributed by atoms with Crippen molar-refractivity contribution in [2.24, 2.45) is 0 Å². The highest BCUT2D eigenvalue weighted by Gasteiger charge is 2.15. The van der Waals surface area contributed by atoms with E-state index in [2.05, 4.69) is 5.32 Å². The Bertz CT molecular complexity index is 597. The molecule has 1 nitrogen and oxygen atoms in total. The maximum Gasteiger partial charge on any atom is 0.130 e. The molecule has 0 aliphatic rings. The Morgan fingerprint density at radius 3 is 2.30 bits per heavy atom. The number of benzene rings is 2. The first kappa shape index (κ1) is 15.2. The van der Waals surface area contributed by atoms with Crippen LogP contribution in [0.3, 0.4) is 0 Å². The van der Waals surface area contributed by atoms with E-state index in [0.717, 1.165) is 5.56 Å². The minimum absolute atomic E-state index is 0.0348. The van der Waals surface area contributed by atoms with Crippen LogP contribution in [-0.2, 0) is 6.54 Å². The molecule has 2 aromatic carbocycles. The summed E-state index contributed by atoms with van der Waals surface area (Å²) in [5, 5.41) is 3.99. The third kappa shape index (κ3) is 3.48. The summed E-state index contributed by atoms with van der Waals surface area (Å²) < 4.78 is 27.3. The van der Waals surface area contributed by atoms with Crippen LogP contribution in [0.5, 0.6) is 0 Å². The molecule has 0 aliphatic carbocycles. The maximum absolute atomic E-state index is 13.6. The largest absolute Gasteiger partial charge is 0.306 e. The Hall–Kier alpha value is -1.16. The maximum atomic E-state index is 13.6. The smallest absolute Gasteiger partial charge is 0.130 e. The van der Waals surface area contributed by atoms with Crippen LogP contribution in [0.1, 0.15) is 24.1 Å². The average molecular weight is 316 g/mol. The molecule has 5 heteroatoms. The molecule has 2 aromatic rings. The monoisotopic (exact) mass is 315 g/mol. The fraction of sp³-hybridized carbons (Fsp3) is 0.200. The van der Waals surface area contributed by atoms with Crippen LogP contribution < -0.4 is 5.32 Å². The van der Waals surface area contributed by atoms with Gasteiger partial charge in [-0.3, -0.25) is 0 Å². The van der Waals surface area contributed by atoms with Gasteiger partial charge in [0, 0.05) is 18.2 Å². The van der Waals surface area contributed by atoms with Crippen molar-refractivity contribution in [2.45, 2.75) is 19.5 Å². The standard InChI is InChI=1S/C15H13Cl2F2N/c1-9(15-13(18)3-2-4-14(15)19)20-8-10-5-6-11(16)12(17)7-10/h2-7,9,20H,8H2,1H3. The first-order valence-electron chi connectivity index (χ1n) is 6.10. The van der Waals surface area contributed by atoms with Crippen molar-refractivity contribution in [3.05, 3.63) is 69.2 Å². The zero-order valence-electron chi connectivity index (χ0n) is 10.8. The Morgan fingerprint density at radius 2 is 1.70 bits per heavy atom. The molecule has 0 aliphatic heterocycles. The summed E-state index contributed by atoms with van der Waals surface area (Å²) in [5.41, 5.74) is 0.926. The summed E-state index contributed by atoms with van der Waals surface area (Å²) >= 11 is 11.7. The van der Waals surface area contributed by atoms with E-state index in [0.29, 0.717) is 16.6 Å². The lowest BCUT2D eigenvalue weighted by molar-refractivity contribution is 0.487. The van der Waals surface area contributed by atoms with E-state index in [-0.39, 0.29) is 5.56 Å². The topological polar surface area (TPSA) is 12.0 Å². The third-order valence-electron chi connectivity index (χ3n) is 3.03. The second-order valence-electron chi connectivity index (χ2n) is 4.49. The number of rotatable bonds is 4. The molecule has 0 heterocycles. The van der Waals surface area contributed by atoms with Gasteiger partial charge in [0.1, 0.15) is 11.6 Å². The summed E-state index contributed by atoms with van der Waals surface area (Å²) in [6.45, 7) is 2.14. The van der Waals surface area contributed by atoms with Gasteiger partial charge in [-0.1, -0.05) is 35.3 Å². The lowest BCUT2D eigenvalue weighted by atomic mass is 10.1. The molecule has 0 saturated heterocycles. The van der Waals surface area contributed by atoms with Crippen molar-refractivity contribution < 1.29 is 8.78 Å². The summed E-state index contributed by atoms with van der Waals surface area (Å²) in [7, 11) is 0. The van der Waals surface area contributed by atoms with Crippen LogP contribution in [0.15, 0.2) is 36.4 Å². The highest BCUT2D eigenvalue weighted by Crippen LogP contribution is 2.24. The molecule has 2 rings (SSSR count). The van der Waals surface area contributed by atoms with E-state index in [9.17, 15) is 8.78 Å². The summed E-state index contributed by atoms with van der Waals surface area (Å²) in [5.74, 6) is -1.11. The summed E-state index contributed by atoms with van der Waals surface area (Å²) in [6.07, 6.45) is 0. The Balaban J connectivity index is 2.08. The predicted molar refractivity (Wildman–Crippen MR) is 78.1 cm³/mol. The molecule has 0 aromatic heterocycles. The normalized spacial score (nSPS) is 12.4. The van der Waals surface area contributed by atoms with Gasteiger partial charge in [-0.15, -0.1) is 0 Å². The second kappa shape index (κ2) is 6.53. The average Bonchev–Trinajstić information content (AvgIpc) is 2.40. The van der Waals surface area contributed by atoms with Crippen LogP contribution >= 0.6 is 23.2 Å². The first-order chi connectivity index (χ1) is 9.49. The Labute approximate surface area is 126 Å². The highest BCUT2D eigenvalue weighted by atomic mass is 35.5. The van der Waals surface area contributed by atoms with E-state index in [1.807, 2.05) is 6.07 Å². The molecule has 0 fully saturated rings. The van der Waals surface area contributed by atoms with Crippen LogP contribution in [0.2, 0.25) is 10.0 Å². The minimum atomic E-state index is -0.556. The van der Waals surface area contributed by atoms with E-state index in [4.69, 9.17) is 23.2 Å². The minimum Gasteiger partial charge on any atom is -0.306 e. The van der Waals surface area contributed by atoms with Gasteiger partial charge in [0.15, 0.2) is 0 Å². The van der Waals surface area contributed by atoms with Crippen molar-refractivity contribution in [2.75, 3.05) is 0 Å². The molecule has 20 heavy (non-hydrogen) atoms. The van der Waals surface area contributed by atoms with Gasteiger partial charge in [-0.25, -0.2) is 8.78 Å². The third-order valence-corrected chi connectivity index (χ3v) is 3.77. The van der Waals surface area contributed by atoms with Gasteiger partial charge < -0.3 is 5.32 Å². The molecule has 1 N–H and O–H groups in total. The summed E-state index contributed by atoms with van der Waals surface area (Å²) in [4.78, 5) is 0. The molecular weight excluding hydrogens is 303 g/mol. The van der Waals surface area contributed by atoms with Crippen molar-refractivity contribution in [3.63, 3.8) is 0 Å². The van der Waals surface area contributed by atoms with Crippen molar-refractivity contribution in [1.82, 2.24) is 5.32 Å². The molecule has 0 spiro atoms. The highest BCUT2D eigenvalue weighted by molar-refractivity contribution is 6.42. The van der Waals surface area contributed by atoms with Gasteiger partial charge in [-0.05, 0) is 36.8 Å². The van der Waals surface area contributed by atoms with Crippen LogP contribution in [0.4, 0.5) is 8.78 Å². The lowest BCUT2D eigenvalue weighted by Gasteiger charge is -2.16. The van der Waals surface area contributed by atoms with Gasteiger partial charge in [0.2, 0.25) is 0 Å². The van der Waals surface area contributed by atoms with Crippen molar-refractivity contribution >= 4 is 23.2 Å². The van der Waals surface area contributed by atoms with E-state index >= 15 is 0 Å². The molecule has 106 valence electrons. The van der Waals surface area contributed by atoms with Gasteiger partial charge >= 0.3 is 0 Å². The quantitative estimate of drug-likeness (QED) is 0.825. The molecule has 0 bridgehead atoms. The molecule has 0 saturated carbocycles. The van der Waals surface area contributed by atoms with Crippen LogP contribution in [0, 0.1) is 11.6 Å². The second-order valence-corrected chi connectivity index (χ2v) is 5.30. The fourth-order valence-corrected chi connectivity index (χ4v) is 2.27. The molecule has 1 unspecified atom stereocenters. The SMILES string of the molecule is CC(NCc1ccc(Cl)c(Cl)c1)c1c(F)cccc1F. The number of halogens is 4. The molecule has 0 amide bonds. The molecule has 0 radical (unpaired) electrons. The van der Waals surface area contributed by atoms with Crippen molar-refractivity contribution in [1.29, 1.82) is 0 Å². The van der Waals surface area contributed by atoms with E-state index in [1.165, 1.54) is 18.2 Å². The predicted octanol–water partition coefficient (Wildman–Crippen LogP) is 5.12. The van der Waals surface area contributed by atoms with Crippen LogP contribution in [-0.4, -0.2) is 0 Å². The van der Waals surface area contributed by atoms with Crippen LogP contribution in [0.25, 0.3) is 0 Å². The Kier molecular flexibility index (Phi) is 4.97. The number of hydrogen-bond acceptors (Lipinski definition) is 1. The Morgan fingerprint density at radius 1 is 1.05 bits per heavy atom. The van der Waals surface area contributed by atoms with Gasteiger partial charge in [0.25, 0.3) is 0 Å². The van der Waals surface area contributed by atoms with E-state index in [1.54, 1.807) is 19.1 Å². The van der Waals surface area contributed by atoms with E-state index < -0.39 is 17.7 Å². The lowest BCUT2D eigenvalue weighted by Crippen LogP contribution is -2.20. The summed E-state index contributed by atoms with van der Waals surface area (Å²) in [6, 6.07) is 8.61. The number of hydrogen-bond donors (Lipinski definition) is 1. The zero-order valence-corrected chi connectivity index (χ0v) is 12.3. The van der Waals surface area contributed by atoms with Gasteiger partial charge in [0.05, 0.1) is 10.0 Å². The first-order valence-corrected chi connectivity index (χ1v) is 6.86. The molecular formula is C15H13Cl2F2N. The van der Waals surface area contributed by atoms with Crippen molar-refractivity contribution in [3.8, 4) is 0 Å².